The van der Waals surface area contributed by atoms with Gasteiger partial charge < -0.3 is 14.2 Å². The Bertz CT molecular complexity index is 1260. The number of carbonyl (C=O) groups is 1. The third-order valence-corrected chi connectivity index (χ3v) is 7.16. The van der Waals surface area contributed by atoms with E-state index >= 15 is 0 Å². The fourth-order valence-electron chi connectivity index (χ4n) is 4.45. The summed E-state index contributed by atoms with van der Waals surface area (Å²) in [7, 11) is 4.57. The summed E-state index contributed by atoms with van der Waals surface area (Å²) < 4.78 is 17.8. The van der Waals surface area contributed by atoms with Crippen LogP contribution in [-0.2, 0) is 22.5 Å². The van der Waals surface area contributed by atoms with Gasteiger partial charge in [-0.25, -0.2) is 10.5 Å². The Morgan fingerprint density at radius 1 is 1.09 bits per heavy atom. The van der Waals surface area contributed by atoms with Gasteiger partial charge in [0, 0.05) is 10.4 Å². The van der Waals surface area contributed by atoms with Crippen LogP contribution < -0.4 is 25.2 Å². The van der Waals surface area contributed by atoms with Crippen molar-refractivity contribution in [2.75, 3.05) is 27.9 Å². The number of methoxy groups -OCH3 is 3. The van der Waals surface area contributed by atoms with E-state index in [0.29, 0.717) is 38.9 Å². The first-order valence-corrected chi connectivity index (χ1v) is 11.2. The molecule has 2 aromatic heterocycles. The number of benzene rings is 1. The van der Waals surface area contributed by atoms with Gasteiger partial charge in [-0.1, -0.05) is 0 Å². The minimum atomic E-state index is -0.826. The smallest absolute Gasteiger partial charge is 0.269 e. The number of carbonyl (C=O) groups excluding carboxylic acids is 1. The first kappa shape index (κ1) is 20.8. The number of rotatable bonds is 5. The second-order valence-corrected chi connectivity index (χ2v) is 8.79. The number of hydroxylamine groups is 1. The summed E-state index contributed by atoms with van der Waals surface area (Å²) >= 11 is 1.56. The molecule has 0 bridgehead atoms. The van der Waals surface area contributed by atoms with E-state index in [1.54, 1.807) is 23.5 Å². The number of nitrogens with one attached hydrogen (secondary N) is 1. The van der Waals surface area contributed by atoms with Crippen molar-refractivity contribution in [3.63, 3.8) is 0 Å². The molecule has 168 valence electrons. The molecule has 0 saturated carbocycles. The molecule has 1 saturated heterocycles. The molecule has 3 aromatic rings. The third kappa shape index (κ3) is 3.13. The number of hydrogen-bond donors (Lipinski definition) is 1. The number of fused-ring (bicyclic) bond motifs is 3. The Hall–Kier alpha value is -3.11. The summed E-state index contributed by atoms with van der Waals surface area (Å²) in [5.74, 6) is 1.26. The number of nitrogens with zero attached hydrogens (tertiary/aromatic N) is 2. The van der Waals surface area contributed by atoms with E-state index in [0.717, 1.165) is 31.2 Å². The van der Waals surface area contributed by atoms with Crippen LogP contribution in [0.15, 0.2) is 16.9 Å². The Kier molecular flexibility index (Phi) is 5.26. The zero-order chi connectivity index (χ0) is 22.4. The lowest BCUT2D eigenvalue weighted by molar-refractivity contribution is -0.125. The first-order valence-electron chi connectivity index (χ1n) is 10.4. The molecule has 1 aliphatic carbocycles. The minimum Gasteiger partial charge on any atom is -0.493 e. The molecular weight excluding hydrogens is 434 g/mol. The van der Waals surface area contributed by atoms with Crippen LogP contribution >= 0.6 is 11.3 Å². The zero-order valence-electron chi connectivity index (χ0n) is 18.0. The van der Waals surface area contributed by atoms with Gasteiger partial charge >= 0.3 is 0 Å². The molecule has 1 unspecified atom stereocenters. The third-order valence-electron chi connectivity index (χ3n) is 5.97. The lowest BCUT2D eigenvalue weighted by atomic mass is 9.97. The van der Waals surface area contributed by atoms with Crippen LogP contribution in [0.25, 0.3) is 21.6 Å². The summed E-state index contributed by atoms with van der Waals surface area (Å²) in [4.78, 5) is 38.3. The van der Waals surface area contributed by atoms with E-state index in [-0.39, 0.29) is 18.1 Å². The van der Waals surface area contributed by atoms with Crippen molar-refractivity contribution in [2.45, 2.75) is 31.7 Å². The summed E-state index contributed by atoms with van der Waals surface area (Å²) in [5.41, 5.74) is 3.76. The summed E-state index contributed by atoms with van der Waals surface area (Å²) in [5, 5.41) is 0.612. The van der Waals surface area contributed by atoms with Crippen LogP contribution in [0.4, 0.5) is 0 Å². The zero-order valence-corrected chi connectivity index (χ0v) is 18.8. The SMILES string of the molecule is COc1cc(-c2nc3sc4c(c3c(=O)n2C2CONC2=O)CCCC4)cc(OC)c1OC. The highest BCUT2D eigenvalue weighted by Crippen LogP contribution is 2.42. The minimum absolute atomic E-state index is 0.0374. The first-order chi connectivity index (χ1) is 15.6. The monoisotopic (exact) mass is 457 g/mol. The molecular formula is C22H23N3O6S. The molecule has 1 aromatic carbocycles. The molecule has 1 aliphatic heterocycles. The Morgan fingerprint density at radius 2 is 1.81 bits per heavy atom. The molecule has 9 nitrogen and oxygen atoms in total. The van der Waals surface area contributed by atoms with Crippen LogP contribution in [0.5, 0.6) is 17.2 Å². The Labute approximate surface area is 187 Å². The lowest BCUT2D eigenvalue weighted by Crippen LogP contribution is -2.33. The number of ether oxygens (including phenoxy) is 3. The van der Waals surface area contributed by atoms with Crippen LogP contribution in [0, 0.1) is 0 Å². The largest absolute Gasteiger partial charge is 0.493 e. The predicted octanol–water partition coefficient (Wildman–Crippen LogP) is 2.63. The highest BCUT2D eigenvalue weighted by atomic mass is 32.1. The van der Waals surface area contributed by atoms with Crippen molar-refractivity contribution in [1.82, 2.24) is 15.0 Å². The van der Waals surface area contributed by atoms with E-state index in [4.69, 9.17) is 24.0 Å². The maximum atomic E-state index is 13.8. The Balaban J connectivity index is 1.83. The van der Waals surface area contributed by atoms with Crippen LogP contribution in [0.2, 0.25) is 0 Å². The number of aromatic nitrogens is 2. The molecule has 1 N–H and O–H groups in total. The highest BCUT2D eigenvalue weighted by Gasteiger charge is 2.33. The standard InChI is InChI=1S/C22H23N3O6S/c1-28-14-8-11(9-15(29-2)18(14)30-3)19-23-21-17(12-6-4-5-7-16(12)32-21)22(27)25(19)13-10-31-24-20(13)26/h8-9,13H,4-7,10H2,1-3H3,(H,24,26). The molecule has 2 aliphatic rings. The number of aryl methyl sites for hydroxylation is 2. The summed E-state index contributed by atoms with van der Waals surface area (Å²) in [6.45, 7) is 0.0374. The average Bonchev–Trinajstić information content (AvgIpc) is 3.40. The van der Waals surface area contributed by atoms with Gasteiger partial charge in [-0.3, -0.25) is 19.0 Å². The Morgan fingerprint density at radius 3 is 2.44 bits per heavy atom. The van der Waals surface area contributed by atoms with Crippen LogP contribution in [0.1, 0.15) is 29.3 Å². The second-order valence-electron chi connectivity index (χ2n) is 7.71. The molecule has 1 amide bonds. The van der Waals surface area contributed by atoms with E-state index in [1.807, 2.05) is 0 Å². The topological polar surface area (TPSA) is 101 Å². The predicted molar refractivity (Wildman–Crippen MR) is 119 cm³/mol. The van der Waals surface area contributed by atoms with Gasteiger partial charge in [0.05, 0.1) is 26.7 Å². The van der Waals surface area contributed by atoms with E-state index in [2.05, 4.69) is 5.48 Å². The molecule has 32 heavy (non-hydrogen) atoms. The molecule has 5 rings (SSSR count). The highest BCUT2D eigenvalue weighted by molar-refractivity contribution is 7.18. The van der Waals surface area contributed by atoms with Gasteiger partial charge in [0.2, 0.25) is 5.75 Å². The van der Waals surface area contributed by atoms with Crippen molar-refractivity contribution >= 4 is 27.5 Å². The maximum Gasteiger partial charge on any atom is 0.269 e. The van der Waals surface area contributed by atoms with Gasteiger partial charge in [-0.05, 0) is 43.4 Å². The molecule has 1 fully saturated rings. The van der Waals surface area contributed by atoms with Crippen molar-refractivity contribution < 1.29 is 23.8 Å². The lowest BCUT2D eigenvalue weighted by Gasteiger charge is -2.18. The van der Waals surface area contributed by atoms with Crippen molar-refractivity contribution in [1.29, 1.82) is 0 Å². The fourth-order valence-corrected chi connectivity index (χ4v) is 5.70. The fraction of sp³-hybridized carbons (Fsp3) is 0.409. The van der Waals surface area contributed by atoms with Crippen molar-refractivity contribution in [2.24, 2.45) is 0 Å². The normalized spacial score (nSPS) is 17.8. The number of hydrogen-bond acceptors (Lipinski definition) is 8. The molecule has 0 radical (unpaired) electrons. The van der Waals surface area contributed by atoms with Crippen LogP contribution in [-0.4, -0.2) is 43.4 Å². The van der Waals surface area contributed by atoms with E-state index in [9.17, 15) is 9.59 Å². The molecule has 3 heterocycles. The van der Waals surface area contributed by atoms with Crippen molar-refractivity contribution in [3.8, 4) is 28.6 Å². The van der Waals surface area contributed by atoms with Crippen LogP contribution in [0.3, 0.4) is 0 Å². The van der Waals surface area contributed by atoms with Gasteiger partial charge in [0.25, 0.3) is 11.5 Å². The molecule has 0 spiro atoms. The van der Waals surface area contributed by atoms with Gasteiger partial charge in [-0.15, -0.1) is 11.3 Å². The summed E-state index contributed by atoms with van der Waals surface area (Å²) in [6.07, 6.45) is 3.94. The van der Waals surface area contributed by atoms with Gasteiger partial charge in [0.1, 0.15) is 23.3 Å². The van der Waals surface area contributed by atoms with E-state index < -0.39 is 6.04 Å². The van der Waals surface area contributed by atoms with Crippen molar-refractivity contribution in [3.05, 3.63) is 32.9 Å². The second kappa shape index (κ2) is 8.10. The number of thiophene rings is 1. The summed E-state index contributed by atoms with van der Waals surface area (Å²) in [6, 6.07) is 2.63. The van der Waals surface area contributed by atoms with E-state index in [1.165, 1.54) is 30.8 Å². The number of amides is 1. The molecule has 1 atom stereocenters. The maximum absolute atomic E-state index is 13.8. The van der Waals surface area contributed by atoms with Gasteiger partial charge in [0.15, 0.2) is 11.5 Å². The molecule has 10 heteroatoms. The van der Waals surface area contributed by atoms with Gasteiger partial charge in [-0.2, -0.15) is 0 Å². The average molecular weight is 458 g/mol. The quantitative estimate of drug-likeness (QED) is 0.629.